The largest absolute Gasteiger partial charge is 0.632 e. The number of benzene rings is 2. The van der Waals surface area contributed by atoms with Gasteiger partial charge in [-0.2, -0.15) is 0 Å². The number of para-hydroxylation sites is 2. The summed E-state index contributed by atoms with van der Waals surface area (Å²) in [6, 6.07) is 16.5. The predicted molar refractivity (Wildman–Crippen MR) is 105 cm³/mol. The lowest BCUT2D eigenvalue weighted by Crippen LogP contribution is -2.53. The molecule has 0 bridgehead atoms. The maximum atomic E-state index is 12.6. The Hall–Kier alpha value is -3.15. The van der Waals surface area contributed by atoms with E-state index in [0.29, 0.717) is 16.6 Å². The molecule has 1 saturated carbocycles. The van der Waals surface area contributed by atoms with Gasteiger partial charge in [-0.15, -0.1) is 0 Å². The summed E-state index contributed by atoms with van der Waals surface area (Å²) in [5.74, 6) is -0.183. The van der Waals surface area contributed by atoms with Gasteiger partial charge in [0.1, 0.15) is 0 Å². The van der Waals surface area contributed by atoms with Crippen LogP contribution in [0.25, 0.3) is 10.9 Å². The molecule has 1 heterocycles. The third-order valence-corrected chi connectivity index (χ3v) is 5.42. The first-order chi connectivity index (χ1) is 13.6. The van der Waals surface area contributed by atoms with Crippen molar-refractivity contribution in [3.63, 3.8) is 0 Å². The number of nitrogens with one attached hydrogen (secondary N) is 1. The fourth-order valence-corrected chi connectivity index (χ4v) is 4.06. The van der Waals surface area contributed by atoms with Crippen molar-refractivity contribution in [3.05, 3.63) is 54.6 Å². The number of aromatic hydroxyl groups is 2. The molecule has 1 amide bonds. The number of anilines is 1. The van der Waals surface area contributed by atoms with Crippen LogP contribution in [0.1, 0.15) is 38.1 Å². The highest BCUT2D eigenvalue weighted by molar-refractivity contribution is 5.90. The normalized spacial score (nSPS) is 14.9. The van der Waals surface area contributed by atoms with E-state index < -0.39 is 0 Å². The molecular weight excluding hydrogens is 354 g/mol. The van der Waals surface area contributed by atoms with E-state index in [9.17, 15) is 15.0 Å². The Bertz CT molecular complexity index is 999. The lowest BCUT2D eigenvalue weighted by molar-refractivity contribution is -0.830. The Balaban J connectivity index is 1.75. The maximum absolute atomic E-state index is 12.6. The molecule has 6 nitrogen and oxygen atoms in total. The van der Waals surface area contributed by atoms with Gasteiger partial charge in [0.2, 0.25) is 12.1 Å². The molecule has 28 heavy (non-hydrogen) atoms. The van der Waals surface area contributed by atoms with E-state index in [-0.39, 0.29) is 30.4 Å². The number of hydrogen-bond donors (Lipinski definition) is 3. The van der Waals surface area contributed by atoms with Gasteiger partial charge in [-0.3, -0.25) is 4.79 Å². The standard InChI is InChI=1S/C22H23N3O3/c26-20(23-16-9-3-1-4-10-16)15-24-19-14-8-7-13-18(19)21(27)25(22(24)28)17-11-5-2-6-12-17/h1,3-4,7-10,13-14,17H,2,5-6,11-12,15H2,(H,23,26)/p+2. The van der Waals surface area contributed by atoms with Crippen molar-refractivity contribution in [1.29, 1.82) is 0 Å². The minimum absolute atomic E-state index is 0.0294. The molecule has 0 aliphatic heterocycles. The molecule has 1 aliphatic carbocycles. The summed E-state index contributed by atoms with van der Waals surface area (Å²) in [5.41, 5.74) is 1.32. The Morgan fingerprint density at radius 1 is 0.964 bits per heavy atom. The number of amides is 1. The van der Waals surface area contributed by atoms with Gasteiger partial charge in [0.05, 0.1) is 0 Å². The van der Waals surface area contributed by atoms with Crippen molar-refractivity contribution in [3.8, 4) is 11.9 Å². The van der Waals surface area contributed by atoms with Crippen molar-refractivity contribution in [2.24, 2.45) is 0 Å². The Morgan fingerprint density at radius 3 is 2.39 bits per heavy atom. The lowest BCUT2D eigenvalue weighted by atomic mass is 9.95. The Morgan fingerprint density at radius 2 is 1.64 bits per heavy atom. The fourth-order valence-electron chi connectivity index (χ4n) is 4.06. The molecule has 3 aromatic rings. The van der Waals surface area contributed by atoms with Gasteiger partial charge in [0.15, 0.2) is 11.4 Å². The topological polar surface area (TPSA) is 77.3 Å². The van der Waals surface area contributed by atoms with Crippen LogP contribution < -0.4 is 14.5 Å². The third-order valence-electron chi connectivity index (χ3n) is 5.42. The number of rotatable bonds is 4. The second-order valence-electron chi connectivity index (χ2n) is 7.30. The van der Waals surface area contributed by atoms with Crippen LogP contribution in [0, 0.1) is 0 Å². The van der Waals surface area contributed by atoms with E-state index in [2.05, 4.69) is 5.32 Å². The summed E-state index contributed by atoms with van der Waals surface area (Å²) in [6.07, 6.45) is 5.11. The highest BCUT2D eigenvalue weighted by Crippen LogP contribution is 2.29. The molecule has 6 heteroatoms. The first kappa shape index (κ1) is 18.2. The molecule has 0 spiro atoms. The summed E-state index contributed by atoms with van der Waals surface area (Å²) in [7, 11) is 0. The average molecular weight is 379 g/mol. The van der Waals surface area contributed by atoms with Crippen molar-refractivity contribution >= 4 is 22.5 Å². The monoisotopic (exact) mass is 379 g/mol. The quantitative estimate of drug-likeness (QED) is 0.610. The zero-order valence-corrected chi connectivity index (χ0v) is 15.7. The van der Waals surface area contributed by atoms with E-state index >= 15 is 0 Å². The van der Waals surface area contributed by atoms with Crippen molar-refractivity contribution in [2.45, 2.75) is 44.7 Å². The SMILES string of the molecule is O=C(C[n+]1c(O)[n+](C2CCCCC2)c(O)c2ccccc21)Nc1ccccc1. The second-order valence-corrected chi connectivity index (χ2v) is 7.30. The highest BCUT2D eigenvalue weighted by atomic mass is 16.3. The van der Waals surface area contributed by atoms with Gasteiger partial charge >= 0.3 is 11.9 Å². The molecule has 0 atom stereocenters. The summed E-state index contributed by atoms with van der Waals surface area (Å²) in [6.45, 7) is -0.0474. The van der Waals surface area contributed by atoms with E-state index in [1.807, 2.05) is 48.5 Å². The van der Waals surface area contributed by atoms with Gasteiger partial charge in [-0.1, -0.05) is 45.9 Å². The third kappa shape index (κ3) is 3.50. The van der Waals surface area contributed by atoms with Gasteiger partial charge in [-0.25, -0.2) is 0 Å². The van der Waals surface area contributed by atoms with Crippen LogP contribution in [0.15, 0.2) is 54.6 Å². The van der Waals surface area contributed by atoms with Crippen molar-refractivity contribution in [2.75, 3.05) is 5.32 Å². The Kier molecular flexibility index (Phi) is 5.10. The molecule has 1 aliphatic rings. The zero-order valence-electron chi connectivity index (χ0n) is 15.7. The highest BCUT2D eigenvalue weighted by Gasteiger charge is 2.39. The van der Waals surface area contributed by atoms with Crippen LogP contribution in [0.4, 0.5) is 5.69 Å². The second kappa shape index (κ2) is 7.84. The van der Waals surface area contributed by atoms with E-state index in [1.54, 1.807) is 15.2 Å². The molecule has 1 fully saturated rings. The van der Waals surface area contributed by atoms with Crippen LogP contribution in [0.3, 0.4) is 0 Å². The smallest absolute Gasteiger partial charge is 0.459 e. The van der Waals surface area contributed by atoms with Crippen molar-refractivity contribution < 1.29 is 24.1 Å². The van der Waals surface area contributed by atoms with Gasteiger partial charge in [0.25, 0.3) is 5.91 Å². The van der Waals surface area contributed by atoms with Crippen LogP contribution in [-0.2, 0) is 11.3 Å². The molecule has 3 N–H and O–H groups in total. The Labute approximate surface area is 163 Å². The van der Waals surface area contributed by atoms with E-state index in [0.717, 1.165) is 25.7 Å². The summed E-state index contributed by atoms with van der Waals surface area (Å²) in [5, 5.41) is 25.4. The first-order valence-electron chi connectivity index (χ1n) is 9.78. The molecule has 0 saturated heterocycles. The molecule has 144 valence electrons. The number of carbonyl (C=O) groups is 1. The lowest BCUT2D eigenvalue weighted by Gasteiger charge is -2.17. The first-order valence-corrected chi connectivity index (χ1v) is 9.78. The minimum Gasteiger partial charge on any atom is -0.459 e. The van der Waals surface area contributed by atoms with Crippen LogP contribution in [0.5, 0.6) is 11.9 Å². The number of carbonyl (C=O) groups excluding carboxylic acids is 1. The number of hydrogen-bond acceptors (Lipinski definition) is 3. The van der Waals surface area contributed by atoms with Crippen LogP contribution in [0.2, 0.25) is 0 Å². The molecule has 1 aromatic heterocycles. The predicted octanol–water partition coefficient (Wildman–Crippen LogP) is 2.97. The summed E-state index contributed by atoms with van der Waals surface area (Å²) < 4.78 is 3.17. The maximum Gasteiger partial charge on any atom is 0.632 e. The van der Waals surface area contributed by atoms with Gasteiger partial charge < -0.3 is 15.5 Å². The number of aromatic nitrogens is 2. The molecule has 0 radical (unpaired) electrons. The van der Waals surface area contributed by atoms with Gasteiger partial charge in [-0.05, 0) is 31.0 Å². The molecule has 2 aromatic carbocycles. The van der Waals surface area contributed by atoms with Crippen LogP contribution in [-0.4, -0.2) is 16.1 Å². The summed E-state index contributed by atoms with van der Waals surface area (Å²) >= 11 is 0. The van der Waals surface area contributed by atoms with Crippen molar-refractivity contribution in [1.82, 2.24) is 0 Å². The minimum atomic E-state index is -0.238. The van der Waals surface area contributed by atoms with Crippen LogP contribution >= 0.6 is 0 Å². The molecule has 4 rings (SSSR count). The van der Waals surface area contributed by atoms with E-state index in [4.69, 9.17) is 0 Å². The fraction of sp³-hybridized carbons (Fsp3) is 0.318. The number of fused-ring (bicyclic) bond motifs is 1. The van der Waals surface area contributed by atoms with E-state index in [1.165, 1.54) is 6.42 Å². The zero-order chi connectivity index (χ0) is 19.5. The summed E-state index contributed by atoms with van der Waals surface area (Å²) in [4.78, 5) is 12.6. The number of nitrogens with zero attached hydrogens (tertiary/aromatic N) is 2. The average Bonchev–Trinajstić information content (AvgIpc) is 2.73. The van der Waals surface area contributed by atoms with Gasteiger partial charge in [0, 0.05) is 24.6 Å². The molecular formula is C22H25N3O3+2. The molecule has 0 unspecified atom stereocenters.